The molecule has 0 spiro atoms. The van der Waals surface area contributed by atoms with E-state index in [1.807, 2.05) is 11.8 Å². The molecule has 1 amide bonds. The van der Waals surface area contributed by atoms with Crippen LogP contribution in [0.1, 0.15) is 31.7 Å². The standard InChI is InChI=1S/C19H28N4O3S/c1-14-10-15-11-17(27(20,25)26)4-5-18(15)23(14)19(24)13-21-9-6-16(12-21)22-7-2-3-8-22/h4-5,11,14,16H,2-3,6-10,12-13H2,1H3,(H2,20,25,26). The zero-order valence-corrected chi connectivity index (χ0v) is 16.6. The first-order chi connectivity index (χ1) is 12.8. The number of amides is 1. The lowest BCUT2D eigenvalue weighted by Gasteiger charge is -2.27. The predicted octanol–water partition coefficient (Wildman–Crippen LogP) is 0.782. The van der Waals surface area contributed by atoms with Crippen LogP contribution in [-0.4, -0.2) is 68.9 Å². The third-order valence-corrected chi connectivity index (χ3v) is 7.04. The molecule has 2 atom stereocenters. The van der Waals surface area contributed by atoms with Gasteiger partial charge < -0.3 is 4.90 Å². The van der Waals surface area contributed by atoms with E-state index in [0.29, 0.717) is 19.0 Å². The molecule has 2 fully saturated rings. The maximum atomic E-state index is 13.0. The number of sulfonamides is 1. The zero-order chi connectivity index (χ0) is 19.2. The average molecular weight is 393 g/mol. The number of likely N-dealkylation sites (tertiary alicyclic amines) is 2. The fraction of sp³-hybridized carbons (Fsp3) is 0.632. The van der Waals surface area contributed by atoms with Gasteiger partial charge in [-0.1, -0.05) is 0 Å². The number of rotatable bonds is 4. The van der Waals surface area contributed by atoms with E-state index in [2.05, 4.69) is 9.80 Å². The van der Waals surface area contributed by atoms with Crippen molar-refractivity contribution in [3.63, 3.8) is 0 Å². The van der Waals surface area contributed by atoms with E-state index in [1.54, 1.807) is 12.1 Å². The highest BCUT2D eigenvalue weighted by Crippen LogP contribution is 2.34. The van der Waals surface area contributed by atoms with Crippen molar-refractivity contribution in [1.82, 2.24) is 9.80 Å². The molecule has 2 N–H and O–H groups in total. The van der Waals surface area contributed by atoms with E-state index in [9.17, 15) is 13.2 Å². The Hall–Kier alpha value is -1.48. The minimum absolute atomic E-state index is 0.0280. The molecule has 2 unspecified atom stereocenters. The van der Waals surface area contributed by atoms with Gasteiger partial charge in [-0.15, -0.1) is 0 Å². The second-order valence-electron chi connectivity index (χ2n) is 8.07. The first-order valence-corrected chi connectivity index (χ1v) is 11.3. The number of carbonyl (C=O) groups is 1. The molecular weight excluding hydrogens is 364 g/mol. The molecule has 3 heterocycles. The van der Waals surface area contributed by atoms with Gasteiger partial charge in [-0.25, -0.2) is 13.6 Å². The topological polar surface area (TPSA) is 86.9 Å². The predicted molar refractivity (Wildman–Crippen MR) is 104 cm³/mol. The molecule has 3 aliphatic rings. The lowest BCUT2D eigenvalue weighted by atomic mass is 10.1. The molecule has 0 aliphatic carbocycles. The van der Waals surface area contributed by atoms with Crippen LogP contribution >= 0.6 is 0 Å². The Balaban J connectivity index is 1.44. The molecule has 8 heteroatoms. The van der Waals surface area contributed by atoms with E-state index in [-0.39, 0.29) is 16.8 Å². The molecule has 0 saturated carbocycles. The SMILES string of the molecule is CC1Cc2cc(S(N)(=O)=O)ccc2N1C(=O)CN1CCC(N2CCCC2)C1. The summed E-state index contributed by atoms with van der Waals surface area (Å²) in [7, 11) is -3.73. The summed E-state index contributed by atoms with van der Waals surface area (Å²) < 4.78 is 23.2. The number of hydrogen-bond donors (Lipinski definition) is 1. The number of primary sulfonamides is 1. The summed E-state index contributed by atoms with van der Waals surface area (Å²) in [6.45, 7) is 6.73. The van der Waals surface area contributed by atoms with Gasteiger partial charge in [0, 0.05) is 30.9 Å². The minimum atomic E-state index is -3.73. The number of benzene rings is 1. The summed E-state index contributed by atoms with van der Waals surface area (Å²) in [6.07, 6.45) is 4.37. The van der Waals surface area contributed by atoms with Gasteiger partial charge in [0.15, 0.2) is 0 Å². The molecule has 148 valence electrons. The summed E-state index contributed by atoms with van der Waals surface area (Å²) in [5, 5.41) is 5.23. The number of fused-ring (bicyclic) bond motifs is 1. The van der Waals surface area contributed by atoms with E-state index < -0.39 is 10.0 Å². The fourth-order valence-electron chi connectivity index (χ4n) is 4.79. The van der Waals surface area contributed by atoms with E-state index in [4.69, 9.17) is 5.14 Å². The Labute approximate surface area is 161 Å². The van der Waals surface area contributed by atoms with Crippen molar-refractivity contribution < 1.29 is 13.2 Å². The maximum Gasteiger partial charge on any atom is 0.241 e. The molecule has 27 heavy (non-hydrogen) atoms. The van der Waals surface area contributed by atoms with Crippen LogP contribution < -0.4 is 10.0 Å². The van der Waals surface area contributed by atoms with Crippen molar-refractivity contribution in [2.45, 2.75) is 49.6 Å². The Morgan fingerprint density at radius 3 is 2.67 bits per heavy atom. The van der Waals surface area contributed by atoms with Crippen molar-refractivity contribution >= 4 is 21.6 Å². The van der Waals surface area contributed by atoms with Gasteiger partial charge in [-0.2, -0.15) is 0 Å². The molecule has 3 aliphatic heterocycles. The van der Waals surface area contributed by atoms with Crippen LogP contribution in [0.5, 0.6) is 0 Å². The fourth-order valence-corrected chi connectivity index (χ4v) is 5.36. The van der Waals surface area contributed by atoms with Crippen molar-refractivity contribution in [2.75, 3.05) is 37.6 Å². The number of hydrogen-bond acceptors (Lipinski definition) is 5. The van der Waals surface area contributed by atoms with Gasteiger partial charge in [0.25, 0.3) is 0 Å². The number of nitrogens with two attached hydrogens (primary N) is 1. The summed E-state index contributed by atoms with van der Waals surface area (Å²) in [6, 6.07) is 5.42. The summed E-state index contributed by atoms with van der Waals surface area (Å²) in [5.41, 5.74) is 1.69. The monoisotopic (exact) mass is 392 g/mol. The Bertz CT molecular complexity index is 835. The molecule has 0 aromatic heterocycles. The minimum Gasteiger partial charge on any atom is -0.308 e. The normalized spacial score (nSPS) is 26.7. The van der Waals surface area contributed by atoms with Crippen LogP contribution in [0.25, 0.3) is 0 Å². The molecule has 1 aromatic rings. The summed E-state index contributed by atoms with van der Waals surface area (Å²) >= 11 is 0. The highest BCUT2D eigenvalue weighted by atomic mass is 32.2. The quantitative estimate of drug-likeness (QED) is 0.818. The zero-order valence-electron chi connectivity index (χ0n) is 15.8. The molecule has 7 nitrogen and oxygen atoms in total. The molecule has 0 bridgehead atoms. The molecule has 0 radical (unpaired) electrons. The molecule has 4 rings (SSSR count). The van der Waals surface area contributed by atoms with Crippen molar-refractivity contribution in [2.24, 2.45) is 5.14 Å². The first-order valence-electron chi connectivity index (χ1n) is 9.77. The second kappa shape index (κ2) is 7.16. The maximum absolute atomic E-state index is 13.0. The molecular formula is C19H28N4O3S. The van der Waals surface area contributed by atoms with E-state index in [1.165, 1.54) is 32.0 Å². The highest BCUT2D eigenvalue weighted by Gasteiger charge is 2.35. The van der Waals surface area contributed by atoms with E-state index in [0.717, 1.165) is 30.8 Å². The third kappa shape index (κ3) is 3.76. The van der Waals surface area contributed by atoms with Crippen LogP contribution in [0.3, 0.4) is 0 Å². The van der Waals surface area contributed by atoms with Crippen molar-refractivity contribution in [3.8, 4) is 0 Å². The van der Waals surface area contributed by atoms with Crippen molar-refractivity contribution in [1.29, 1.82) is 0 Å². The lowest BCUT2D eigenvalue weighted by Crippen LogP contribution is -2.43. The summed E-state index contributed by atoms with van der Waals surface area (Å²) in [4.78, 5) is 19.8. The highest BCUT2D eigenvalue weighted by molar-refractivity contribution is 7.89. The first kappa shape index (κ1) is 18.9. The number of anilines is 1. The summed E-state index contributed by atoms with van der Waals surface area (Å²) in [5.74, 6) is 0.0895. The molecule has 2 saturated heterocycles. The van der Waals surface area contributed by atoms with Gasteiger partial charge in [0.05, 0.1) is 11.4 Å². The van der Waals surface area contributed by atoms with Crippen LogP contribution in [0.2, 0.25) is 0 Å². The van der Waals surface area contributed by atoms with Gasteiger partial charge in [0.2, 0.25) is 15.9 Å². The Kier molecular flexibility index (Phi) is 5.00. The Morgan fingerprint density at radius 2 is 1.96 bits per heavy atom. The van der Waals surface area contributed by atoms with Gasteiger partial charge in [-0.05, 0) is 69.5 Å². The number of carbonyl (C=O) groups excluding carboxylic acids is 1. The number of nitrogens with zero attached hydrogens (tertiary/aromatic N) is 3. The van der Waals surface area contributed by atoms with Crippen LogP contribution in [0, 0.1) is 0 Å². The largest absolute Gasteiger partial charge is 0.308 e. The van der Waals surface area contributed by atoms with Crippen LogP contribution in [0.4, 0.5) is 5.69 Å². The smallest absolute Gasteiger partial charge is 0.241 e. The lowest BCUT2D eigenvalue weighted by molar-refractivity contribution is -0.119. The van der Waals surface area contributed by atoms with Gasteiger partial charge in [-0.3, -0.25) is 14.6 Å². The average Bonchev–Trinajstić information content (AvgIpc) is 3.31. The van der Waals surface area contributed by atoms with Crippen molar-refractivity contribution in [3.05, 3.63) is 23.8 Å². The third-order valence-electron chi connectivity index (χ3n) is 6.13. The van der Waals surface area contributed by atoms with Crippen LogP contribution in [0.15, 0.2) is 23.1 Å². The van der Waals surface area contributed by atoms with Gasteiger partial charge >= 0.3 is 0 Å². The second-order valence-corrected chi connectivity index (χ2v) is 9.63. The van der Waals surface area contributed by atoms with Crippen LogP contribution in [-0.2, 0) is 21.2 Å². The van der Waals surface area contributed by atoms with E-state index >= 15 is 0 Å². The Morgan fingerprint density at radius 1 is 1.22 bits per heavy atom. The van der Waals surface area contributed by atoms with Gasteiger partial charge in [0.1, 0.15) is 0 Å². The molecule has 1 aromatic carbocycles.